The second-order valence-electron chi connectivity index (χ2n) is 5.62. The molecule has 1 amide bonds. The van der Waals surface area contributed by atoms with E-state index in [0.29, 0.717) is 26.1 Å². The van der Waals surface area contributed by atoms with E-state index < -0.39 is 12.0 Å². The summed E-state index contributed by atoms with van der Waals surface area (Å²) < 4.78 is 28.4. The maximum atomic E-state index is 14.2. The second kappa shape index (κ2) is 5.71. The molecule has 0 saturated carbocycles. The van der Waals surface area contributed by atoms with Crippen molar-refractivity contribution in [3.8, 4) is 0 Å². The minimum atomic E-state index is -2.65. The maximum absolute atomic E-state index is 14.2. The Hall–Kier alpha value is -0.750. The van der Waals surface area contributed by atoms with Crippen molar-refractivity contribution in [3.63, 3.8) is 0 Å². The number of amides is 1. The number of hydrogen-bond donors (Lipinski definition) is 1. The minimum absolute atomic E-state index is 0.0255. The molecule has 19 heavy (non-hydrogen) atoms. The number of rotatable bonds is 3. The predicted molar refractivity (Wildman–Crippen MR) is 69.3 cm³/mol. The van der Waals surface area contributed by atoms with Gasteiger partial charge in [0.2, 0.25) is 5.91 Å². The number of alkyl halides is 2. The van der Waals surface area contributed by atoms with Crippen molar-refractivity contribution in [2.75, 3.05) is 32.7 Å². The van der Waals surface area contributed by atoms with Gasteiger partial charge in [0, 0.05) is 32.6 Å². The van der Waals surface area contributed by atoms with Crippen molar-refractivity contribution in [3.05, 3.63) is 0 Å². The van der Waals surface area contributed by atoms with Crippen LogP contribution in [0.5, 0.6) is 0 Å². The van der Waals surface area contributed by atoms with Crippen molar-refractivity contribution in [2.45, 2.75) is 44.7 Å². The Morgan fingerprint density at radius 2 is 2.11 bits per heavy atom. The number of piperidine rings is 1. The van der Waals surface area contributed by atoms with E-state index >= 15 is 0 Å². The Morgan fingerprint density at radius 3 is 2.68 bits per heavy atom. The highest BCUT2D eigenvalue weighted by molar-refractivity contribution is 5.73. The molecule has 0 radical (unpaired) electrons. The van der Waals surface area contributed by atoms with Gasteiger partial charge in [-0.3, -0.25) is 14.6 Å². The summed E-state index contributed by atoms with van der Waals surface area (Å²) in [4.78, 5) is 14.7. The van der Waals surface area contributed by atoms with Gasteiger partial charge in [-0.05, 0) is 19.4 Å². The highest BCUT2D eigenvalue weighted by atomic mass is 19.3. The summed E-state index contributed by atoms with van der Waals surface area (Å²) in [5.74, 6) is -2.74. The fourth-order valence-electron chi connectivity index (χ4n) is 3.19. The van der Waals surface area contributed by atoms with E-state index in [1.54, 1.807) is 4.90 Å². The third-order valence-corrected chi connectivity index (χ3v) is 4.16. The largest absolute Gasteiger partial charge is 0.352 e. The third-order valence-electron chi connectivity index (χ3n) is 4.16. The van der Waals surface area contributed by atoms with E-state index in [0.717, 1.165) is 13.0 Å². The normalized spacial score (nSPS) is 32.4. The summed E-state index contributed by atoms with van der Waals surface area (Å²) in [6.45, 7) is 5.85. The van der Waals surface area contributed by atoms with Crippen LogP contribution < -0.4 is 5.32 Å². The Balaban J connectivity index is 1.93. The van der Waals surface area contributed by atoms with E-state index in [-0.39, 0.29) is 18.5 Å². The number of hydrogen-bond acceptors (Lipinski definition) is 3. The minimum Gasteiger partial charge on any atom is -0.352 e. The molecule has 2 atom stereocenters. The molecule has 0 spiro atoms. The first-order chi connectivity index (χ1) is 8.92. The number of carbonyl (C=O) groups is 1. The molecule has 1 N–H and O–H groups in total. The summed E-state index contributed by atoms with van der Waals surface area (Å²) in [5, 5.41) is 2.82. The Kier molecular flexibility index (Phi) is 4.40. The zero-order chi connectivity index (χ0) is 14.0. The van der Waals surface area contributed by atoms with Crippen molar-refractivity contribution in [1.29, 1.82) is 0 Å². The number of nitrogens with one attached hydrogen (secondary N) is 1. The topological polar surface area (TPSA) is 35.6 Å². The number of halogens is 2. The van der Waals surface area contributed by atoms with Gasteiger partial charge in [0.05, 0.1) is 12.6 Å². The quantitative estimate of drug-likeness (QED) is 0.832. The van der Waals surface area contributed by atoms with Crippen LogP contribution in [-0.4, -0.2) is 66.4 Å². The van der Waals surface area contributed by atoms with Crippen LogP contribution in [0.3, 0.4) is 0 Å². The van der Waals surface area contributed by atoms with Crippen LogP contribution in [-0.2, 0) is 4.79 Å². The van der Waals surface area contributed by atoms with Crippen LogP contribution >= 0.6 is 0 Å². The average Bonchev–Trinajstić information content (AvgIpc) is 2.74. The molecule has 0 aromatic heterocycles. The van der Waals surface area contributed by atoms with Crippen LogP contribution in [0.2, 0.25) is 0 Å². The zero-order valence-electron chi connectivity index (χ0n) is 11.7. The third kappa shape index (κ3) is 3.42. The molecule has 0 aliphatic carbocycles. The van der Waals surface area contributed by atoms with E-state index in [4.69, 9.17) is 0 Å². The molecule has 2 aliphatic rings. The molecule has 2 saturated heterocycles. The summed E-state index contributed by atoms with van der Waals surface area (Å²) in [6.07, 6.45) is 1.28. The lowest BCUT2D eigenvalue weighted by atomic mass is 9.99. The van der Waals surface area contributed by atoms with Crippen molar-refractivity contribution in [2.24, 2.45) is 0 Å². The lowest BCUT2D eigenvalue weighted by Gasteiger charge is -2.42. The first kappa shape index (κ1) is 14.7. The Morgan fingerprint density at radius 1 is 1.37 bits per heavy atom. The molecule has 6 heteroatoms. The molecule has 2 aliphatic heterocycles. The van der Waals surface area contributed by atoms with Gasteiger partial charge in [-0.1, -0.05) is 6.92 Å². The van der Waals surface area contributed by atoms with Gasteiger partial charge in [-0.25, -0.2) is 8.78 Å². The van der Waals surface area contributed by atoms with Gasteiger partial charge in [0.25, 0.3) is 5.92 Å². The van der Waals surface area contributed by atoms with Crippen LogP contribution in [0.15, 0.2) is 0 Å². The lowest BCUT2D eigenvalue weighted by molar-refractivity contribution is -0.123. The molecule has 0 bridgehead atoms. The van der Waals surface area contributed by atoms with Gasteiger partial charge in [-0.2, -0.15) is 0 Å². The van der Waals surface area contributed by atoms with Crippen molar-refractivity contribution >= 4 is 5.91 Å². The SMILES string of the molecule is CCN1CCC(N2CCC(NC(C)=O)C2)C(F)(F)C1. The summed E-state index contributed by atoms with van der Waals surface area (Å²) in [5.41, 5.74) is 0. The van der Waals surface area contributed by atoms with Crippen LogP contribution in [0.4, 0.5) is 8.78 Å². The van der Waals surface area contributed by atoms with Gasteiger partial charge in [0.1, 0.15) is 0 Å². The Labute approximate surface area is 113 Å². The van der Waals surface area contributed by atoms with Gasteiger partial charge in [0.15, 0.2) is 0 Å². The van der Waals surface area contributed by atoms with Crippen molar-refractivity contribution < 1.29 is 13.6 Å². The molecule has 4 nitrogen and oxygen atoms in total. The molecule has 110 valence electrons. The number of carbonyl (C=O) groups excluding carboxylic acids is 1. The van der Waals surface area contributed by atoms with Gasteiger partial charge >= 0.3 is 0 Å². The maximum Gasteiger partial charge on any atom is 0.275 e. The van der Waals surface area contributed by atoms with Gasteiger partial charge in [-0.15, -0.1) is 0 Å². The van der Waals surface area contributed by atoms with E-state index in [9.17, 15) is 13.6 Å². The average molecular weight is 275 g/mol. The molecule has 0 aromatic carbocycles. The smallest absolute Gasteiger partial charge is 0.275 e. The lowest BCUT2D eigenvalue weighted by Crippen LogP contribution is -2.58. The van der Waals surface area contributed by atoms with Crippen molar-refractivity contribution in [1.82, 2.24) is 15.1 Å². The van der Waals surface area contributed by atoms with Crippen LogP contribution in [0.25, 0.3) is 0 Å². The molecule has 2 fully saturated rings. The fraction of sp³-hybridized carbons (Fsp3) is 0.923. The predicted octanol–water partition coefficient (Wildman–Crippen LogP) is 0.926. The highest BCUT2D eigenvalue weighted by Gasteiger charge is 2.48. The molecule has 2 unspecified atom stereocenters. The van der Waals surface area contributed by atoms with E-state index in [1.807, 2.05) is 11.8 Å². The zero-order valence-corrected chi connectivity index (χ0v) is 11.7. The monoisotopic (exact) mass is 275 g/mol. The number of nitrogens with zero attached hydrogens (tertiary/aromatic N) is 2. The summed E-state index contributed by atoms with van der Waals surface area (Å²) in [7, 11) is 0. The highest BCUT2D eigenvalue weighted by Crippen LogP contribution is 2.33. The van der Waals surface area contributed by atoms with Gasteiger partial charge < -0.3 is 5.32 Å². The fourth-order valence-corrected chi connectivity index (χ4v) is 3.19. The first-order valence-electron chi connectivity index (χ1n) is 7.03. The van der Waals surface area contributed by atoms with Crippen LogP contribution in [0.1, 0.15) is 26.7 Å². The molecule has 2 heterocycles. The van der Waals surface area contributed by atoms with E-state index in [2.05, 4.69) is 5.32 Å². The molecule has 0 aromatic rings. The van der Waals surface area contributed by atoms with E-state index in [1.165, 1.54) is 6.92 Å². The molecular formula is C13H23F2N3O. The molecule has 2 rings (SSSR count). The second-order valence-corrected chi connectivity index (χ2v) is 5.62. The number of likely N-dealkylation sites (tertiary alicyclic amines) is 2. The summed E-state index contributed by atoms with van der Waals surface area (Å²) >= 11 is 0. The summed E-state index contributed by atoms with van der Waals surface area (Å²) in [6, 6.07) is -0.647. The standard InChI is InChI=1S/C13H23F2N3O/c1-3-17-6-5-12(13(14,15)9-17)18-7-4-11(8-18)16-10(2)19/h11-12H,3-9H2,1-2H3,(H,16,19). The van der Waals surface area contributed by atoms with Crippen LogP contribution in [0, 0.1) is 0 Å². The first-order valence-corrected chi connectivity index (χ1v) is 7.03. The Bertz CT molecular complexity index is 338. The molecular weight excluding hydrogens is 252 g/mol.